The van der Waals surface area contributed by atoms with Gasteiger partial charge in [-0.25, -0.2) is 5.01 Å². The van der Waals surface area contributed by atoms with Gasteiger partial charge in [0.25, 0.3) is 11.8 Å². The van der Waals surface area contributed by atoms with Crippen LogP contribution in [0.2, 0.25) is 0 Å². The Morgan fingerprint density at radius 2 is 1.87 bits per heavy atom. The molecule has 5 heteroatoms. The van der Waals surface area contributed by atoms with Crippen molar-refractivity contribution in [2.75, 3.05) is 11.6 Å². The number of rotatable bonds is 4. The molecule has 0 bridgehead atoms. The first-order chi connectivity index (χ1) is 11.2. The van der Waals surface area contributed by atoms with Crippen LogP contribution in [0.3, 0.4) is 0 Å². The van der Waals surface area contributed by atoms with Gasteiger partial charge in [-0.05, 0) is 42.8 Å². The zero-order valence-corrected chi connectivity index (χ0v) is 12.7. The second-order valence-corrected chi connectivity index (χ2v) is 4.98. The number of benzene rings is 2. The standard InChI is InChI=1S/C18H16N2O3/c1-2-23-15-10-6-7-13(11-15)12-16-17(21)19-20(18(16)22)14-8-4-3-5-9-14/h3-12H,2H2,1H3,(H,19,21)/b16-12-. The van der Waals surface area contributed by atoms with Gasteiger partial charge in [0.05, 0.1) is 12.3 Å². The van der Waals surface area contributed by atoms with Crippen molar-refractivity contribution >= 4 is 23.6 Å². The van der Waals surface area contributed by atoms with Gasteiger partial charge in [0.15, 0.2) is 0 Å². The number of ether oxygens (including phenoxy) is 1. The second kappa shape index (κ2) is 6.36. The summed E-state index contributed by atoms with van der Waals surface area (Å²) in [7, 11) is 0. The van der Waals surface area contributed by atoms with Gasteiger partial charge in [-0.3, -0.25) is 15.0 Å². The predicted molar refractivity (Wildman–Crippen MR) is 87.7 cm³/mol. The topological polar surface area (TPSA) is 58.6 Å². The number of carbonyl (C=O) groups excluding carboxylic acids is 2. The number of amides is 2. The van der Waals surface area contributed by atoms with Crippen LogP contribution in [0.15, 0.2) is 60.2 Å². The molecule has 1 aliphatic heterocycles. The molecule has 2 aromatic rings. The molecule has 1 heterocycles. The van der Waals surface area contributed by atoms with Gasteiger partial charge in [0.1, 0.15) is 11.3 Å². The molecular formula is C18H16N2O3. The van der Waals surface area contributed by atoms with Gasteiger partial charge in [0, 0.05) is 0 Å². The molecule has 23 heavy (non-hydrogen) atoms. The van der Waals surface area contributed by atoms with E-state index in [4.69, 9.17) is 4.74 Å². The number of anilines is 1. The van der Waals surface area contributed by atoms with Crippen LogP contribution in [0, 0.1) is 0 Å². The molecule has 1 aliphatic rings. The summed E-state index contributed by atoms with van der Waals surface area (Å²) in [5.74, 6) is -0.0868. The van der Waals surface area contributed by atoms with Crippen LogP contribution in [0.1, 0.15) is 12.5 Å². The lowest BCUT2D eigenvalue weighted by atomic mass is 10.1. The van der Waals surface area contributed by atoms with Crippen LogP contribution in [-0.2, 0) is 9.59 Å². The first-order valence-electron chi connectivity index (χ1n) is 7.34. The number of hydrogen-bond acceptors (Lipinski definition) is 3. The fourth-order valence-corrected chi connectivity index (χ4v) is 2.34. The third-order valence-electron chi connectivity index (χ3n) is 3.39. The van der Waals surface area contributed by atoms with Crippen LogP contribution >= 0.6 is 0 Å². The van der Waals surface area contributed by atoms with E-state index in [0.717, 1.165) is 5.56 Å². The summed E-state index contributed by atoms with van der Waals surface area (Å²) in [6.07, 6.45) is 1.57. The molecule has 0 aromatic heterocycles. The van der Waals surface area contributed by atoms with E-state index >= 15 is 0 Å². The molecule has 0 spiro atoms. The first kappa shape index (κ1) is 14.8. The Bertz CT molecular complexity index is 769. The predicted octanol–water partition coefficient (Wildman–Crippen LogP) is 2.55. The zero-order chi connectivity index (χ0) is 16.2. The van der Waals surface area contributed by atoms with Crippen LogP contribution in [0.4, 0.5) is 5.69 Å². The van der Waals surface area contributed by atoms with Crippen LogP contribution < -0.4 is 15.2 Å². The molecule has 1 fully saturated rings. The van der Waals surface area contributed by atoms with E-state index in [-0.39, 0.29) is 11.5 Å². The highest BCUT2D eigenvalue weighted by atomic mass is 16.5. The van der Waals surface area contributed by atoms with Crippen molar-refractivity contribution in [2.45, 2.75) is 6.92 Å². The van der Waals surface area contributed by atoms with Gasteiger partial charge < -0.3 is 4.74 Å². The van der Waals surface area contributed by atoms with Crippen molar-refractivity contribution < 1.29 is 14.3 Å². The van der Waals surface area contributed by atoms with Gasteiger partial charge in [0.2, 0.25) is 0 Å². The molecule has 0 aliphatic carbocycles. The minimum absolute atomic E-state index is 0.0995. The molecule has 1 N–H and O–H groups in total. The largest absolute Gasteiger partial charge is 0.494 e. The molecule has 116 valence electrons. The Morgan fingerprint density at radius 3 is 2.61 bits per heavy atom. The summed E-state index contributed by atoms with van der Waals surface area (Å²) in [6.45, 7) is 2.46. The lowest BCUT2D eigenvalue weighted by molar-refractivity contribution is -0.117. The van der Waals surface area contributed by atoms with Gasteiger partial charge >= 0.3 is 0 Å². The Hall–Kier alpha value is -3.08. The summed E-state index contributed by atoms with van der Waals surface area (Å²) < 4.78 is 5.43. The van der Waals surface area contributed by atoms with Crippen molar-refractivity contribution in [2.24, 2.45) is 0 Å². The molecule has 1 saturated heterocycles. The summed E-state index contributed by atoms with van der Waals surface area (Å²) in [4.78, 5) is 24.6. The molecule has 0 saturated carbocycles. The van der Waals surface area contributed by atoms with Gasteiger partial charge in [-0.15, -0.1) is 0 Å². The Balaban J connectivity index is 1.89. The zero-order valence-electron chi connectivity index (χ0n) is 12.7. The highest BCUT2D eigenvalue weighted by Gasteiger charge is 2.34. The molecule has 0 unspecified atom stereocenters. The Kier molecular flexibility index (Phi) is 4.10. The monoisotopic (exact) mass is 308 g/mol. The van der Waals surface area contributed by atoms with Crippen molar-refractivity contribution in [3.63, 3.8) is 0 Å². The summed E-state index contributed by atoms with van der Waals surface area (Å²) in [6, 6.07) is 16.3. The second-order valence-electron chi connectivity index (χ2n) is 4.98. The number of nitrogens with one attached hydrogen (secondary N) is 1. The quantitative estimate of drug-likeness (QED) is 0.697. The average Bonchev–Trinajstić information content (AvgIpc) is 2.85. The van der Waals surface area contributed by atoms with Crippen LogP contribution in [-0.4, -0.2) is 18.4 Å². The van der Waals surface area contributed by atoms with E-state index in [1.54, 1.807) is 24.3 Å². The average molecular weight is 308 g/mol. The van der Waals surface area contributed by atoms with Crippen LogP contribution in [0.5, 0.6) is 5.75 Å². The molecule has 2 amide bonds. The first-order valence-corrected chi connectivity index (χ1v) is 7.34. The van der Waals surface area contributed by atoms with Crippen molar-refractivity contribution in [3.05, 3.63) is 65.7 Å². The summed E-state index contributed by atoms with van der Waals surface area (Å²) >= 11 is 0. The minimum Gasteiger partial charge on any atom is -0.494 e. The number of carbonyl (C=O) groups is 2. The van der Waals surface area contributed by atoms with E-state index < -0.39 is 5.91 Å². The van der Waals surface area contributed by atoms with Crippen LogP contribution in [0.25, 0.3) is 6.08 Å². The van der Waals surface area contributed by atoms with E-state index in [0.29, 0.717) is 18.0 Å². The third kappa shape index (κ3) is 3.08. The number of hydrogen-bond donors (Lipinski definition) is 1. The molecule has 0 radical (unpaired) electrons. The van der Waals surface area contributed by atoms with Gasteiger partial charge in [-0.2, -0.15) is 0 Å². The smallest absolute Gasteiger partial charge is 0.282 e. The van der Waals surface area contributed by atoms with Gasteiger partial charge in [-0.1, -0.05) is 30.3 Å². The van der Waals surface area contributed by atoms with E-state index in [2.05, 4.69) is 5.43 Å². The number of para-hydroxylation sites is 1. The maximum atomic E-state index is 12.5. The fraction of sp³-hybridized carbons (Fsp3) is 0.111. The van der Waals surface area contributed by atoms with Crippen molar-refractivity contribution in [3.8, 4) is 5.75 Å². The molecular weight excluding hydrogens is 292 g/mol. The minimum atomic E-state index is -0.416. The van der Waals surface area contributed by atoms with Crippen molar-refractivity contribution in [1.29, 1.82) is 0 Å². The normalized spacial score (nSPS) is 15.9. The maximum absolute atomic E-state index is 12.5. The maximum Gasteiger partial charge on any atom is 0.282 e. The fourth-order valence-electron chi connectivity index (χ4n) is 2.34. The summed E-state index contributed by atoms with van der Waals surface area (Å²) in [5.41, 5.74) is 4.04. The van der Waals surface area contributed by atoms with Crippen molar-refractivity contribution in [1.82, 2.24) is 5.43 Å². The highest BCUT2D eigenvalue weighted by Crippen LogP contribution is 2.22. The molecule has 5 nitrogen and oxygen atoms in total. The molecule has 0 atom stereocenters. The molecule has 3 rings (SSSR count). The highest BCUT2D eigenvalue weighted by molar-refractivity contribution is 6.31. The number of nitrogens with zero attached hydrogens (tertiary/aromatic N) is 1. The van der Waals surface area contributed by atoms with E-state index in [1.165, 1.54) is 5.01 Å². The number of hydrazine groups is 1. The SMILES string of the molecule is CCOc1cccc(/C=C2/C(=O)NN(c3ccccc3)C2=O)c1. The lowest BCUT2D eigenvalue weighted by Gasteiger charge is -2.13. The third-order valence-corrected chi connectivity index (χ3v) is 3.39. The van der Waals surface area contributed by atoms with E-state index in [1.807, 2.05) is 43.3 Å². The van der Waals surface area contributed by atoms with E-state index in [9.17, 15) is 9.59 Å². The molecule has 2 aromatic carbocycles. The Morgan fingerprint density at radius 1 is 1.09 bits per heavy atom. The lowest BCUT2D eigenvalue weighted by Crippen LogP contribution is -2.35. The summed E-state index contributed by atoms with van der Waals surface area (Å²) in [5, 5.41) is 1.25. The Labute approximate surface area is 134 Å².